The van der Waals surface area contributed by atoms with Gasteiger partial charge in [0.1, 0.15) is 0 Å². The van der Waals surface area contributed by atoms with E-state index in [0.29, 0.717) is 6.54 Å². The molecule has 2 unspecified atom stereocenters. The van der Waals surface area contributed by atoms with Crippen LogP contribution in [-0.2, 0) is 0 Å². The van der Waals surface area contributed by atoms with Crippen LogP contribution in [-0.4, -0.2) is 53.9 Å². The first kappa shape index (κ1) is 14.8. The topological polar surface area (TPSA) is 43.7 Å². The number of aliphatic hydroxyl groups is 2. The second-order valence-electron chi connectivity index (χ2n) is 4.84. The van der Waals surface area contributed by atoms with Crippen molar-refractivity contribution < 1.29 is 19.0 Å². The van der Waals surface area contributed by atoms with E-state index in [0.717, 1.165) is 32.1 Å². The molecule has 0 aromatic carbocycles. The Balaban J connectivity index is 2.45. The first-order valence-corrected chi connectivity index (χ1v) is 6.43. The highest BCUT2D eigenvalue weighted by molar-refractivity contribution is 4.76. The molecule has 1 aliphatic carbocycles. The quantitative estimate of drug-likeness (QED) is 0.703. The molecule has 1 aliphatic rings. The van der Waals surface area contributed by atoms with Crippen molar-refractivity contribution in [1.29, 1.82) is 0 Å². The van der Waals surface area contributed by atoms with Crippen LogP contribution in [0.4, 0.5) is 8.78 Å². The molecule has 3 nitrogen and oxygen atoms in total. The summed E-state index contributed by atoms with van der Waals surface area (Å²) in [7, 11) is 0. The van der Waals surface area contributed by atoms with Gasteiger partial charge in [0.25, 0.3) is 6.43 Å². The highest BCUT2D eigenvalue weighted by Crippen LogP contribution is 2.24. The van der Waals surface area contributed by atoms with E-state index < -0.39 is 6.43 Å². The molecule has 0 aromatic heterocycles. The standard InChI is InChI=1S/C12H23F2NO2/c13-12(14)9-15(6-7-16)8-10-4-2-1-3-5-11(10)17/h10-12,16-17H,1-9H2. The third kappa shape index (κ3) is 5.75. The lowest BCUT2D eigenvalue weighted by atomic mass is 9.96. The molecule has 2 atom stereocenters. The maximum absolute atomic E-state index is 12.4. The number of hydrogen-bond donors (Lipinski definition) is 2. The van der Waals surface area contributed by atoms with Gasteiger partial charge in [-0.05, 0) is 18.8 Å². The van der Waals surface area contributed by atoms with E-state index in [9.17, 15) is 13.9 Å². The van der Waals surface area contributed by atoms with E-state index in [1.165, 1.54) is 0 Å². The monoisotopic (exact) mass is 251 g/mol. The summed E-state index contributed by atoms with van der Waals surface area (Å²) in [6.07, 6.45) is 2.09. The summed E-state index contributed by atoms with van der Waals surface area (Å²) in [6, 6.07) is 0. The maximum Gasteiger partial charge on any atom is 0.251 e. The lowest BCUT2D eigenvalue weighted by Gasteiger charge is -2.28. The van der Waals surface area contributed by atoms with Crippen LogP contribution in [0.1, 0.15) is 32.1 Å². The number of hydrogen-bond acceptors (Lipinski definition) is 3. The molecule has 1 saturated carbocycles. The van der Waals surface area contributed by atoms with Gasteiger partial charge in [0.15, 0.2) is 0 Å². The van der Waals surface area contributed by atoms with Gasteiger partial charge in [0.2, 0.25) is 0 Å². The maximum atomic E-state index is 12.4. The molecule has 5 heteroatoms. The average molecular weight is 251 g/mol. The fourth-order valence-electron chi connectivity index (χ4n) is 2.50. The Bertz CT molecular complexity index is 205. The summed E-state index contributed by atoms with van der Waals surface area (Å²) < 4.78 is 24.7. The Labute approximate surface area is 101 Å². The molecule has 102 valence electrons. The fourth-order valence-corrected chi connectivity index (χ4v) is 2.50. The van der Waals surface area contributed by atoms with Crippen molar-refractivity contribution >= 4 is 0 Å². The van der Waals surface area contributed by atoms with E-state index in [1.807, 2.05) is 0 Å². The highest BCUT2D eigenvalue weighted by Gasteiger charge is 2.24. The van der Waals surface area contributed by atoms with E-state index in [1.54, 1.807) is 4.90 Å². The van der Waals surface area contributed by atoms with Gasteiger partial charge >= 0.3 is 0 Å². The van der Waals surface area contributed by atoms with Gasteiger partial charge in [-0.15, -0.1) is 0 Å². The van der Waals surface area contributed by atoms with Crippen LogP contribution in [0, 0.1) is 5.92 Å². The number of alkyl halides is 2. The molecular formula is C12H23F2NO2. The summed E-state index contributed by atoms with van der Waals surface area (Å²) in [6.45, 7) is 0.291. The van der Waals surface area contributed by atoms with Gasteiger partial charge in [0.05, 0.1) is 19.3 Å². The Kier molecular flexibility index (Phi) is 6.92. The minimum Gasteiger partial charge on any atom is -0.395 e. The van der Waals surface area contributed by atoms with Gasteiger partial charge < -0.3 is 10.2 Å². The van der Waals surface area contributed by atoms with E-state index in [4.69, 9.17) is 5.11 Å². The van der Waals surface area contributed by atoms with Gasteiger partial charge in [-0.2, -0.15) is 0 Å². The van der Waals surface area contributed by atoms with Crippen LogP contribution < -0.4 is 0 Å². The molecular weight excluding hydrogens is 228 g/mol. The molecule has 0 saturated heterocycles. The lowest BCUT2D eigenvalue weighted by molar-refractivity contribution is 0.0366. The van der Waals surface area contributed by atoms with Gasteiger partial charge in [-0.1, -0.05) is 19.3 Å². The number of aliphatic hydroxyl groups excluding tert-OH is 2. The van der Waals surface area contributed by atoms with Crippen LogP contribution in [0.15, 0.2) is 0 Å². The minimum atomic E-state index is -2.38. The van der Waals surface area contributed by atoms with Crippen LogP contribution in [0.3, 0.4) is 0 Å². The third-order valence-electron chi connectivity index (χ3n) is 3.42. The molecule has 0 radical (unpaired) electrons. The molecule has 17 heavy (non-hydrogen) atoms. The van der Waals surface area contributed by atoms with Gasteiger partial charge in [-0.25, -0.2) is 8.78 Å². The Morgan fingerprint density at radius 1 is 1.18 bits per heavy atom. The zero-order valence-electron chi connectivity index (χ0n) is 10.2. The highest BCUT2D eigenvalue weighted by atomic mass is 19.3. The fraction of sp³-hybridized carbons (Fsp3) is 1.00. The van der Waals surface area contributed by atoms with Crippen molar-refractivity contribution in [2.75, 3.05) is 26.2 Å². The summed E-state index contributed by atoms with van der Waals surface area (Å²) in [5.41, 5.74) is 0. The summed E-state index contributed by atoms with van der Waals surface area (Å²) in [5, 5.41) is 18.8. The molecule has 0 aromatic rings. The zero-order chi connectivity index (χ0) is 12.7. The second-order valence-corrected chi connectivity index (χ2v) is 4.84. The van der Waals surface area contributed by atoms with Crippen LogP contribution >= 0.6 is 0 Å². The van der Waals surface area contributed by atoms with Gasteiger partial charge in [-0.3, -0.25) is 4.90 Å². The molecule has 0 amide bonds. The average Bonchev–Trinajstić information content (AvgIpc) is 2.44. The largest absolute Gasteiger partial charge is 0.395 e. The molecule has 1 rings (SSSR count). The van der Waals surface area contributed by atoms with Crippen LogP contribution in [0.25, 0.3) is 0 Å². The molecule has 0 bridgehead atoms. The minimum absolute atomic E-state index is 0.0720. The van der Waals surface area contributed by atoms with Crippen molar-refractivity contribution in [3.8, 4) is 0 Å². The van der Waals surface area contributed by atoms with Crippen LogP contribution in [0.2, 0.25) is 0 Å². The van der Waals surface area contributed by atoms with Crippen molar-refractivity contribution in [2.45, 2.75) is 44.6 Å². The SMILES string of the molecule is OCCN(CC(F)F)CC1CCCCCC1O. The van der Waals surface area contributed by atoms with E-state index in [2.05, 4.69) is 0 Å². The number of nitrogens with zero attached hydrogens (tertiary/aromatic N) is 1. The summed E-state index contributed by atoms with van der Waals surface area (Å²) >= 11 is 0. The zero-order valence-corrected chi connectivity index (χ0v) is 10.2. The van der Waals surface area contributed by atoms with E-state index in [-0.39, 0.29) is 31.7 Å². The number of halogens is 2. The Morgan fingerprint density at radius 2 is 1.88 bits per heavy atom. The van der Waals surface area contributed by atoms with Crippen LogP contribution in [0.5, 0.6) is 0 Å². The second kappa shape index (κ2) is 7.95. The van der Waals surface area contributed by atoms with Crippen molar-refractivity contribution in [3.05, 3.63) is 0 Å². The first-order chi connectivity index (χ1) is 8.13. The van der Waals surface area contributed by atoms with Gasteiger partial charge in [0, 0.05) is 13.1 Å². The summed E-state index contributed by atoms with van der Waals surface area (Å²) in [4.78, 5) is 1.56. The predicted molar refractivity (Wildman–Crippen MR) is 62.1 cm³/mol. The predicted octanol–water partition coefficient (Wildman–Crippen LogP) is 1.49. The first-order valence-electron chi connectivity index (χ1n) is 6.43. The normalized spacial score (nSPS) is 26.5. The molecule has 0 heterocycles. The summed E-state index contributed by atoms with van der Waals surface area (Å²) in [5.74, 6) is 0.0720. The van der Waals surface area contributed by atoms with E-state index >= 15 is 0 Å². The molecule has 2 N–H and O–H groups in total. The van der Waals surface area contributed by atoms with Crippen molar-refractivity contribution in [2.24, 2.45) is 5.92 Å². The molecule has 0 aliphatic heterocycles. The third-order valence-corrected chi connectivity index (χ3v) is 3.42. The lowest BCUT2D eigenvalue weighted by Crippen LogP contribution is -2.39. The smallest absolute Gasteiger partial charge is 0.251 e. The Hall–Kier alpha value is -0.260. The molecule has 1 fully saturated rings. The van der Waals surface area contributed by atoms with Crippen molar-refractivity contribution in [3.63, 3.8) is 0 Å². The Morgan fingerprint density at radius 3 is 2.53 bits per heavy atom. The number of rotatable bonds is 6. The molecule has 0 spiro atoms. The van der Waals surface area contributed by atoms with Crippen molar-refractivity contribution in [1.82, 2.24) is 4.90 Å².